The van der Waals surface area contributed by atoms with Gasteiger partial charge in [0, 0.05) is 12.8 Å². The van der Waals surface area contributed by atoms with Gasteiger partial charge in [0.1, 0.15) is 0 Å². The van der Waals surface area contributed by atoms with Gasteiger partial charge in [-0.15, -0.1) is 0 Å². The van der Waals surface area contributed by atoms with Gasteiger partial charge in [0.05, 0.1) is 0 Å². The SMILES string of the molecule is CCCCC(F)(F)C(=O)CCC1CCCC1. The molecule has 0 bridgehead atoms. The van der Waals surface area contributed by atoms with E-state index in [-0.39, 0.29) is 12.8 Å². The standard InChI is InChI=1S/C13H22F2O/c1-2-3-10-13(14,15)12(16)9-8-11-6-4-5-7-11/h11H,2-10H2,1H3. The Morgan fingerprint density at radius 3 is 2.50 bits per heavy atom. The molecule has 0 aromatic heterocycles. The minimum Gasteiger partial charge on any atom is -0.293 e. The molecule has 1 saturated carbocycles. The average Bonchev–Trinajstić information content (AvgIpc) is 2.75. The van der Waals surface area contributed by atoms with E-state index in [2.05, 4.69) is 0 Å². The van der Waals surface area contributed by atoms with Crippen LogP contribution in [-0.4, -0.2) is 11.7 Å². The van der Waals surface area contributed by atoms with Crippen LogP contribution >= 0.6 is 0 Å². The van der Waals surface area contributed by atoms with E-state index in [9.17, 15) is 13.6 Å². The van der Waals surface area contributed by atoms with Gasteiger partial charge >= 0.3 is 5.92 Å². The highest BCUT2D eigenvalue weighted by Gasteiger charge is 2.37. The Balaban J connectivity index is 2.26. The van der Waals surface area contributed by atoms with Crippen LogP contribution in [0.4, 0.5) is 8.78 Å². The molecule has 0 aliphatic heterocycles. The Hall–Kier alpha value is -0.470. The zero-order chi connectivity index (χ0) is 12.0. The van der Waals surface area contributed by atoms with Crippen LogP contribution in [0.15, 0.2) is 0 Å². The van der Waals surface area contributed by atoms with Gasteiger partial charge in [-0.3, -0.25) is 4.79 Å². The molecule has 1 fully saturated rings. The van der Waals surface area contributed by atoms with Crippen molar-refractivity contribution in [1.29, 1.82) is 0 Å². The van der Waals surface area contributed by atoms with Gasteiger partial charge in [-0.1, -0.05) is 39.0 Å². The fourth-order valence-electron chi connectivity index (χ4n) is 2.36. The summed E-state index contributed by atoms with van der Waals surface area (Å²) >= 11 is 0. The first-order valence-corrected chi connectivity index (χ1v) is 6.47. The normalized spacial score (nSPS) is 17.9. The van der Waals surface area contributed by atoms with E-state index in [1.807, 2.05) is 6.92 Å². The molecule has 94 valence electrons. The zero-order valence-corrected chi connectivity index (χ0v) is 10.1. The van der Waals surface area contributed by atoms with Crippen LogP contribution in [0.1, 0.15) is 64.7 Å². The fraction of sp³-hybridized carbons (Fsp3) is 0.923. The lowest BCUT2D eigenvalue weighted by molar-refractivity contribution is -0.144. The van der Waals surface area contributed by atoms with E-state index in [1.165, 1.54) is 12.8 Å². The van der Waals surface area contributed by atoms with Gasteiger partial charge in [-0.05, 0) is 18.8 Å². The largest absolute Gasteiger partial charge is 0.305 e. The number of hydrogen-bond donors (Lipinski definition) is 0. The maximum Gasteiger partial charge on any atom is 0.305 e. The Kier molecular flexibility index (Phi) is 5.36. The minimum atomic E-state index is -3.07. The number of rotatable bonds is 7. The molecular formula is C13H22F2O. The molecule has 0 radical (unpaired) electrons. The highest BCUT2D eigenvalue weighted by Crippen LogP contribution is 2.31. The van der Waals surface area contributed by atoms with Gasteiger partial charge in [0.15, 0.2) is 0 Å². The first kappa shape index (κ1) is 13.6. The third-order valence-electron chi connectivity index (χ3n) is 3.51. The van der Waals surface area contributed by atoms with Crippen molar-refractivity contribution in [3.63, 3.8) is 0 Å². The summed E-state index contributed by atoms with van der Waals surface area (Å²) in [6.45, 7) is 1.86. The molecular weight excluding hydrogens is 210 g/mol. The molecule has 0 atom stereocenters. The maximum absolute atomic E-state index is 13.3. The van der Waals surface area contributed by atoms with Crippen LogP contribution in [0.5, 0.6) is 0 Å². The first-order valence-electron chi connectivity index (χ1n) is 6.47. The molecule has 0 spiro atoms. The monoisotopic (exact) mass is 232 g/mol. The molecule has 0 aromatic rings. The summed E-state index contributed by atoms with van der Waals surface area (Å²) in [5.41, 5.74) is 0. The quantitative estimate of drug-likeness (QED) is 0.637. The Labute approximate surface area is 96.6 Å². The average molecular weight is 232 g/mol. The van der Waals surface area contributed by atoms with Crippen molar-refractivity contribution in [1.82, 2.24) is 0 Å². The zero-order valence-electron chi connectivity index (χ0n) is 10.1. The van der Waals surface area contributed by atoms with Crippen molar-refractivity contribution >= 4 is 5.78 Å². The lowest BCUT2D eigenvalue weighted by Gasteiger charge is -2.15. The van der Waals surface area contributed by atoms with Crippen LogP contribution in [0.2, 0.25) is 0 Å². The van der Waals surface area contributed by atoms with E-state index in [1.54, 1.807) is 0 Å². The summed E-state index contributed by atoms with van der Waals surface area (Å²) < 4.78 is 26.7. The lowest BCUT2D eigenvalue weighted by Crippen LogP contribution is -2.28. The number of carbonyl (C=O) groups is 1. The number of alkyl halides is 2. The van der Waals surface area contributed by atoms with E-state index in [4.69, 9.17) is 0 Å². The number of hydrogen-bond acceptors (Lipinski definition) is 1. The van der Waals surface area contributed by atoms with E-state index < -0.39 is 11.7 Å². The smallest absolute Gasteiger partial charge is 0.293 e. The summed E-state index contributed by atoms with van der Waals surface area (Å²) in [4.78, 5) is 11.4. The number of ketones is 1. The fourth-order valence-corrected chi connectivity index (χ4v) is 2.36. The van der Waals surface area contributed by atoms with Crippen LogP contribution in [0.3, 0.4) is 0 Å². The minimum absolute atomic E-state index is 0.0708. The van der Waals surface area contributed by atoms with Gasteiger partial charge in [0.25, 0.3) is 0 Å². The molecule has 3 heteroatoms. The summed E-state index contributed by atoms with van der Waals surface area (Å²) in [7, 11) is 0. The highest BCUT2D eigenvalue weighted by atomic mass is 19.3. The molecule has 0 heterocycles. The van der Waals surface area contributed by atoms with Crippen molar-refractivity contribution in [2.45, 2.75) is 70.6 Å². The predicted molar refractivity (Wildman–Crippen MR) is 60.7 cm³/mol. The van der Waals surface area contributed by atoms with Crippen LogP contribution < -0.4 is 0 Å². The molecule has 1 aliphatic rings. The predicted octanol–water partition coefficient (Wildman–Crippen LogP) is 4.35. The van der Waals surface area contributed by atoms with E-state index >= 15 is 0 Å². The third-order valence-corrected chi connectivity index (χ3v) is 3.51. The summed E-state index contributed by atoms with van der Waals surface area (Å²) in [6.07, 6.45) is 6.25. The topological polar surface area (TPSA) is 17.1 Å². The number of Topliss-reactive ketones (excluding diaryl/α,β-unsaturated/α-hetero) is 1. The highest BCUT2D eigenvalue weighted by molar-refractivity contribution is 5.85. The van der Waals surface area contributed by atoms with Crippen LogP contribution in [0.25, 0.3) is 0 Å². The van der Waals surface area contributed by atoms with Gasteiger partial charge in [-0.2, -0.15) is 8.78 Å². The first-order chi connectivity index (χ1) is 7.56. The molecule has 0 amide bonds. The Morgan fingerprint density at radius 2 is 1.94 bits per heavy atom. The number of carbonyl (C=O) groups excluding carboxylic acids is 1. The van der Waals surface area contributed by atoms with Gasteiger partial charge in [0.2, 0.25) is 5.78 Å². The molecule has 1 rings (SSSR count). The Bertz CT molecular complexity index is 220. The lowest BCUT2D eigenvalue weighted by atomic mass is 9.96. The summed E-state index contributed by atoms with van der Waals surface area (Å²) in [6, 6.07) is 0. The molecule has 0 saturated heterocycles. The second-order valence-corrected chi connectivity index (χ2v) is 4.92. The van der Waals surface area contributed by atoms with Crippen molar-refractivity contribution in [2.24, 2.45) is 5.92 Å². The maximum atomic E-state index is 13.3. The summed E-state index contributed by atoms with van der Waals surface area (Å²) in [5, 5.41) is 0. The summed E-state index contributed by atoms with van der Waals surface area (Å²) in [5.74, 6) is -3.40. The molecule has 0 unspecified atom stereocenters. The van der Waals surface area contributed by atoms with Crippen molar-refractivity contribution < 1.29 is 13.6 Å². The molecule has 1 nitrogen and oxygen atoms in total. The molecule has 16 heavy (non-hydrogen) atoms. The second-order valence-electron chi connectivity index (χ2n) is 4.92. The molecule has 1 aliphatic carbocycles. The molecule has 0 N–H and O–H groups in total. The van der Waals surface area contributed by atoms with Gasteiger partial charge < -0.3 is 0 Å². The van der Waals surface area contributed by atoms with E-state index in [0.29, 0.717) is 25.2 Å². The Morgan fingerprint density at radius 1 is 1.31 bits per heavy atom. The van der Waals surface area contributed by atoms with Gasteiger partial charge in [-0.25, -0.2) is 0 Å². The molecule has 0 aromatic carbocycles. The second kappa shape index (κ2) is 6.31. The van der Waals surface area contributed by atoms with Crippen LogP contribution in [-0.2, 0) is 4.79 Å². The van der Waals surface area contributed by atoms with Crippen molar-refractivity contribution in [3.8, 4) is 0 Å². The van der Waals surface area contributed by atoms with Crippen LogP contribution in [0, 0.1) is 5.92 Å². The van der Waals surface area contributed by atoms with E-state index in [0.717, 1.165) is 12.8 Å². The number of unbranched alkanes of at least 4 members (excludes halogenated alkanes) is 1. The van der Waals surface area contributed by atoms with Crippen molar-refractivity contribution in [3.05, 3.63) is 0 Å². The third kappa shape index (κ3) is 4.18. The van der Waals surface area contributed by atoms with Crippen molar-refractivity contribution in [2.75, 3.05) is 0 Å². The number of halogens is 2.